The van der Waals surface area contributed by atoms with Crippen LogP contribution in [0.3, 0.4) is 0 Å². The summed E-state index contributed by atoms with van der Waals surface area (Å²) in [5.41, 5.74) is 0.644. The van der Waals surface area contributed by atoms with Crippen molar-refractivity contribution in [2.75, 3.05) is 5.32 Å². The minimum atomic E-state index is -0.781. The number of carbonyl (C=O) groups is 3. The van der Waals surface area contributed by atoms with E-state index in [4.69, 9.17) is 9.15 Å². The Morgan fingerprint density at radius 2 is 1.88 bits per heavy atom. The fourth-order valence-electron chi connectivity index (χ4n) is 2.92. The van der Waals surface area contributed by atoms with Crippen molar-refractivity contribution >= 4 is 23.6 Å². The molecule has 166 valence electrons. The Kier molecular flexibility index (Phi) is 7.69. The van der Waals surface area contributed by atoms with Crippen LogP contribution in [0, 0.1) is 0 Å². The third-order valence-electron chi connectivity index (χ3n) is 4.43. The molecule has 32 heavy (non-hydrogen) atoms. The summed E-state index contributed by atoms with van der Waals surface area (Å²) in [5, 5.41) is 5.22. The van der Waals surface area contributed by atoms with Crippen LogP contribution in [0.1, 0.15) is 42.8 Å². The van der Waals surface area contributed by atoms with Crippen LogP contribution in [-0.2, 0) is 16.0 Å². The Bertz CT molecular complexity index is 1080. The highest BCUT2D eigenvalue weighted by atomic mass is 16.5. The van der Waals surface area contributed by atoms with E-state index in [1.807, 2.05) is 37.3 Å². The topological polar surface area (TPSA) is 123 Å². The van der Waals surface area contributed by atoms with Crippen molar-refractivity contribution in [2.24, 2.45) is 0 Å². The summed E-state index contributed by atoms with van der Waals surface area (Å²) < 4.78 is 10.9. The van der Waals surface area contributed by atoms with Gasteiger partial charge in [-0.2, -0.15) is 0 Å². The largest absolute Gasteiger partial charge is 0.456 e. The summed E-state index contributed by atoms with van der Waals surface area (Å²) in [5.74, 6) is 0.0973. The van der Waals surface area contributed by atoms with Crippen molar-refractivity contribution < 1.29 is 23.5 Å². The maximum atomic E-state index is 12.6. The van der Waals surface area contributed by atoms with E-state index in [0.717, 1.165) is 0 Å². The third kappa shape index (κ3) is 6.49. The zero-order chi connectivity index (χ0) is 22.9. The second-order valence-corrected chi connectivity index (χ2v) is 7.10. The van der Waals surface area contributed by atoms with Crippen LogP contribution < -0.4 is 15.4 Å². The Morgan fingerprint density at radius 1 is 1.09 bits per heavy atom. The number of ketones is 1. The van der Waals surface area contributed by atoms with Gasteiger partial charge in [-0.05, 0) is 30.2 Å². The van der Waals surface area contributed by atoms with Crippen molar-refractivity contribution in [2.45, 2.75) is 39.2 Å². The maximum absolute atomic E-state index is 12.6. The fourth-order valence-corrected chi connectivity index (χ4v) is 2.92. The van der Waals surface area contributed by atoms with E-state index in [2.05, 4.69) is 20.6 Å². The standard InChI is InChI=1S/C23H24N4O5/c1-3-7-19(22(30)27-23-25-14-20(32-23)15(2)28)26-21(29)11-16-10-18(13-24-12-16)31-17-8-5-4-6-9-17/h4-6,8-10,12-14,19H,3,7,11H2,1-2H3,(H,26,29)(H,25,27,30). The maximum Gasteiger partial charge on any atom is 0.302 e. The molecule has 3 aromatic rings. The van der Waals surface area contributed by atoms with Gasteiger partial charge < -0.3 is 14.5 Å². The first-order chi connectivity index (χ1) is 15.4. The molecule has 1 aromatic carbocycles. The molecule has 0 bridgehead atoms. The molecule has 2 heterocycles. The second-order valence-electron chi connectivity index (χ2n) is 7.10. The van der Waals surface area contributed by atoms with E-state index in [-0.39, 0.29) is 29.9 Å². The lowest BCUT2D eigenvalue weighted by molar-refractivity contribution is -0.126. The van der Waals surface area contributed by atoms with Crippen molar-refractivity contribution in [1.29, 1.82) is 0 Å². The first kappa shape index (κ1) is 22.7. The molecule has 0 saturated carbocycles. The zero-order valence-electron chi connectivity index (χ0n) is 17.8. The first-order valence-electron chi connectivity index (χ1n) is 10.2. The molecule has 2 N–H and O–H groups in total. The van der Waals surface area contributed by atoms with Crippen LogP contribution in [-0.4, -0.2) is 33.6 Å². The number of rotatable bonds is 10. The lowest BCUT2D eigenvalue weighted by atomic mass is 10.1. The van der Waals surface area contributed by atoms with Gasteiger partial charge in [0.25, 0.3) is 5.91 Å². The number of nitrogens with one attached hydrogen (secondary N) is 2. The Balaban J connectivity index is 1.60. The number of anilines is 1. The molecule has 0 saturated heterocycles. The molecular weight excluding hydrogens is 412 g/mol. The van der Waals surface area contributed by atoms with Gasteiger partial charge in [0, 0.05) is 13.1 Å². The molecule has 0 aliphatic carbocycles. The normalized spacial score (nSPS) is 11.4. The molecule has 1 unspecified atom stereocenters. The summed E-state index contributed by atoms with van der Waals surface area (Å²) in [6.07, 6.45) is 5.50. The zero-order valence-corrected chi connectivity index (χ0v) is 17.8. The van der Waals surface area contributed by atoms with Gasteiger partial charge in [0.15, 0.2) is 11.5 Å². The van der Waals surface area contributed by atoms with Crippen molar-refractivity contribution in [1.82, 2.24) is 15.3 Å². The third-order valence-corrected chi connectivity index (χ3v) is 4.43. The number of carbonyl (C=O) groups excluding carboxylic acids is 3. The van der Waals surface area contributed by atoms with E-state index in [9.17, 15) is 14.4 Å². The predicted octanol–water partition coefficient (Wildman–Crippen LogP) is 3.53. The van der Waals surface area contributed by atoms with Gasteiger partial charge in [0.2, 0.25) is 5.91 Å². The number of amides is 2. The second kappa shape index (κ2) is 10.9. The van der Waals surface area contributed by atoms with Crippen molar-refractivity contribution in [3.63, 3.8) is 0 Å². The summed E-state index contributed by atoms with van der Waals surface area (Å²) in [7, 11) is 0. The average molecular weight is 436 g/mol. The number of aromatic nitrogens is 2. The molecule has 0 aliphatic heterocycles. The molecule has 1 atom stereocenters. The van der Waals surface area contributed by atoms with Gasteiger partial charge >= 0.3 is 6.01 Å². The number of Topliss-reactive ketones (excluding diaryl/α,β-unsaturated/α-hetero) is 1. The molecule has 0 fully saturated rings. The highest BCUT2D eigenvalue weighted by Gasteiger charge is 2.22. The summed E-state index contributed by atoms with van der Waals surface area (Å²) in [6.45, 7) is 3.24. The van der Waals surface area contributed by atoms with Gasteiger partial charge in [0.1, 0.15) is 17.5 Å². The monoisotopic (exact) mass is 436 g/mol. The van der Waals surface area contributed by atoms with Gasteiger partial charge in [-0.25, -0.2) is 4.98 Å². The number of ether oxygens (including phenoxy) is 1. The minimum Gasteiger partial charge on any atom is -0.456 e. The predicted molar refractivity (Wildman–Crippen MR) is 116 cm³/mol. The van der Waals surface area contributed by atoms with E-state index >= 15 is 0 Å². The quantitative estimate of drug-likeness (QED) is 0.466. The molecule has 0 radical (unpaired) electrons. The van der Waals surface area contributed by atoms with Gasteiger partial charge in [-0.1, -0.05) is 31.5 Å². The van der Waals surface area contributed by atoms with Gasteiger partial charge in [-0.15, -0.1) is 0 Å². The van der Waals surface area contributed by atoms with E-state index in [0.29, 0.717) is 29.9 Å². The molecular formula is C23H24N4O5. The summed E-state index contributed by atoms with van der Waals surface area (Å²) in [4.78, 5) is 44.4. The van der Waals surface area contributed by atoms with Crippen LogP contribution in [0.5, 0.6) is 11.5 Å². The molecule has 9 nitrogen and oxygen atoms in total. The summed E-state index contributed by atoms with van der Waals surface area (Å²) in [6, 6.07) is 10.1. The van der Waals surface area contributed by atoms with Gasteiger partial charge in [-0.3, -0.25) is 24.7 Å². The van der Waals surface area contributed by atoms with Crippen molar-refractivity contribution in [3.8, 4) is 11.5 Å². The number of para-hydroxylation sites is 1. The smallest absolute Gasteiger partial charge is 0.302 e. The number of oxazole rings is 1. The van der Waals surface area contributed by atoms with Crippen LogP contribution in [0.2, 0.25) is 0 Å². The fraction of sp³-hybridized carbons (Fsp3) is 0.261. The number of hydrogen-bond donors (Lipinski definition) is 2. The number of benzene rings is 1. The highest BCUT2D eigenvalue weighted by molar-refractivity contribution is 5.96. The highest BCUT2D eigenvalue weighted by Crippen LogP contribution is 2.21. The van der Waals surface area contributed by atoms with Crippen LogP contribution in [0.25, 0.3) is 0 Å². The molecule has 0 aliphatic rings. The average Bonchev–Trinajstić information content (AvgIpc) is 3.23. The Labute approximate surface area is 185 Å². The van der Waals surface area contributed by atoms with Crippen molar-refractivity contribution in [3.05, 3.63) is 66.3 Å². The number of nitrogens with zero attached hydrogens (tertiary/aromatic N) is 2. The Morgan fingerprint density at radius 3 is 2.56 bits per heavy atom. The van der Waals surface area contributed by atoms with Gasteiger partial charge in [0.05, 0.1) is 18.8 Å². The number of hydrogen-bond acceptors (Lipinski definition) is 7. The molecule has 2 amide bonds. The lowest BCUT2D eigenvalue weighted by Gasteiger charge is -2.17. The molecule has 3 rings (SSSR count). The molecule has 0 spiro atoms. The minimum absolute atomic E-state index is 0.0277. The van der Waals surface area contributed by atoms with E-state index in [1.165, 1.54) is 13.1 Å². The SMILES string of the molecule is CCCC(NC(=O)Cc1cncc(Oc2ccccc2)c1)C(=O)Nc1ncc(C(C)=O)o1. The molecule has 2 aromatic heterocycles. The van der Waals surface area contributed by atoms with Crippen LogP contribution >= 0.6 is 0 Å². The number of pyridine rings is 1. The first-order valence-corrected chi connectivity index (χ1v) is 10.2. The van der Waals surface area contributed by atoms with Crippen LogP contribution in [0.4, 0.5) is 6.01 Å². The van der Waals surface area contributed by atoms with E-state index in [1.54, 1.807) is 18.5 Å². The Hall–Kier alpha value is -4.01. The van der Waals surface area contributed by atoms with E-state index < -0.39 is 11.9 Å². The molecule has 9 heteroatoms. The summed E-state index contributed by atoms with van der Waals surface area (Å²) >= 11 is 0. The lowest BCUT2D eigenvalue weighted by Crippen LogP contribution is -2.44. The van der Waals surface area contributed by atoms with Crippen LogP contribution in [0.15, 0.2) is 59.4 Å².